The van der Waals surface area contributed by atoms with Crippen LogP contribution in [0.4, 0.5) is 0 Å². The van der Waals surface area contributed by atoms with Crippen LogP contribution in [0.1, 0.15) is 58.8 Å². The maximum Gasteiger partial charge on any atom is 0.225 e. The third kappa shape index (κ3) is 4.17. The van der Waals surface area contributed by atoms with Crippen molar-refractivity contribution in [3.05, 3.63) is 0 Å². The van der Waals surface area contributed by atoms with E-state index in [0.717, 1.165) is 45.1 Å². The predicted octanol–water partition coefficient (Wildman–Crippen LogP) is 3.82. The first-order valence-electron chi connectivity index (χ1n) is 7.11. The maximum atomic E-state index is 12.5. The lowest BCUT2D eigenvalue weighted by Crippen LogP contribution is -2.47. The van der Waals surface area contributed by atoms with Gasteiger partial charge >= 0.3 is 0 Å². The number of halogens is 1. The van der Waals surface area contributed by atoms with Crippen LogP contribution in [0.5, 0.6) is 0 Å². The molecule has 0 aliphatic carbocycles. The Hall–Kier alpha value is -0.240. The molecule has 1 aliphatic rings. The lowest BCUT2D eigenvalue weighted by atomic mass is 9.94. The lowest BCUT2D eigenvalue weighted by Gasteiger charge is -2.37. The van der Waals surface area contributed by atoms with Gasteiger partial charge in [0.1, 0.15) is 0 Å². The van der Waals surface area contributed by atoms with Gasteiger partial charge in [0, 0.05) is 24.4 Å². The monoisotopic (exact) mass is 259 g/mol. The van der Waals surface area contributed by atoms with Crippen LogP contribution in [0.3, 0.4) is 0 Å². The highest BCUT2D eigenvalue weighted by Gasteiger charge is 2.30. The van der Waals surface area contributed by atoms with E-state index < -0.39 is 0 Å². The van der Waals surface area contributed by atoms with Crippen molar-refractivity contribution in [2.75, 3.05) is 12.4 Å². The van der Waals surface area contributed by atoms with Gasteiger partial charge in [-0.2, -0.15) is 0 Å². The molecule has 1 atom stereocenters. The molecule has 2 nitrogen and oxygen atoms in total. The molecule has 1 saturated heterocycles. The largest absolute Gasteiger partial charge is 0.338 e. The lowest BCUT2D eigenvalue weighted by molar-refractivity contribution is -0.139. The molecular formula is C14H26ClNO. The average molecular weight is 260 g/mol. The summed E-state index contributed by atoms with van der Waals surface area (Å²) in [4.78, 5) is 14.6. The van der Waals surface area contributed by atoms with Gasteiger partial charge in [-0.15, -0.1) is 11.6 Å². The number of likely N-dealkylation sites (tertiary alicyclic amines) is 1. The molecule has 0 N–H and O–H groups in total. The van der Waals surface area contributed by atoms with Gasteiger partial charge in [0.25, 0.3) is 0 Å². The minimum absolute atomic E-state index is 0.230. The molecule has 0 spiro atoms. The number of amides is 1. The molecule has 0 aromatic heterocycles. The standard InChI is InChI=1S/C14H26ClNO/c1-3-7-12(8-4-2)14(17)16-10-6-5-9-13(16)11-15/h12-13H,3-11H2,1-2H3. The minimum atomic E-state index is 0.230. The molecule has 0 saturated carbocycles. The Kier molecular flexibility index (Phi) is 6.94. The summed E-state index contributed by atoms with van der Waals surface area (Å²) in [7, 11) is 0. The van der Waals surface area contributed by atoms with Crippen molar-refractivity contribution in [3.63, 3.8) is 0 Å². The maximum absolute atomic E-state index is 12.5. The van der Waals surface area contributed by atoms with Gasteiger partial charge in [-0.05, 0) is 32.1 Å². The normalized spacial score (nSPS) is 20.9. The van der Waals surface area contributed by atoms with Crippen molar-refractivity contribution >= 4 is 17.5 Å². The summed E-state index contributed by atoms with van der Waals surface area (Å²) in [6.07, 6.45) is 7.68. The van der Waals surface area contributed by atoms with Gasteiger partial charge in [0.05, 0.1) is 0 Å². The summed E-state index contributed by atoms with van der Waals surface area (Å²) in [6, 6.07) is 0.286. The van der Waals surface area contributed by atoms with Crippen molar-refractivity contribution in [1.82, 2.24) is 4.90 Å². The highest BCUT2D eigenvalue weighted by Crippen LogP contribution is 2.24. The molecule has 0 radical (unpaired) electrons. The van der Waals surface area contributed by atoms with Gasteiger partial charge in [-0.3, -0.25) is 4.79 Å². The molecular weight excluding hydrogens is 234 g/mol. The van der Waals surface area contributed by atoms with Crippen LogP contribution in [0.15, 0.2) is 0 Å². The molecule has 1 unspecified atom stereocenters. The number of carbonyl (C=O) groups is 1. The van der Waals surface area contributed by atoms with E-state index in [9.17, 15) is 4.79 Å². The average Bonchev–Trinajstić information content (AvgIpc) is 2.37. The first-order chi connectivity index (χ1) is 8.24. The van der Waals surface area contributed by atoms with Crippen molar-refractivity contribution in [1.29, 1.82) is 0 Å². The predicted molar refractivity (Wildman–Crippen MR) is 73.4 cm³/mol. The van der Waals surface area contributed by atoms with Crippen molar-refractivity contribution in [3.8, 4) is 0 Å². The molecule has 1 amide bonds. The molecule has 0 bridgehead atoms. The first kappa shape index (κ1) is 14.8. The Morgan fingerprint density at radius 2 is 1.94 bits per heavy atom. The molecule has 17 heavy (non-hydrogen) atoms. The number of hydrogen-bond donors (Lipinski definition) is 0. The van der Waals surface area contributed by atoms with Gasteiger partial charge in [0.2, 0.25) is 5.91 Å². The molecule has 100 valence electrons. The quantitative estimate of drug-likeness (QED) is 0.664. The molecule has 0 aromatic rings. The molecule has 1 fully saturated rings. The Morgan fingerprint density at radius 3 is 2.47 bits per heavy atom. The van der Waals surface area contributed by atoms with E-state index in [0.29, 0.717) is 11.8 Å². The van der Waals surface area contributed by atoms with Gasteiger partial charge in [-0.25, -0.2) is 0 Å². The fourth-order valence-corrected chi connectivity index (χ4v) is 3.09. The number of piperidine rings is 1. The van der Waals surface area contributed by atoms with Crippen LogP contribution >= 0.6 is 11.6 Å². The van der Waals surface area contributed by atoms with E-state index in [4.69, 9.17) is 11.6 Å². The van der Waals surface area contributed by atoms with Gasteiger partial charge in [-0.1, -0.05) is 26.7 Å². The Morgan fingerprint density at radius 1 is 1.29 bits per heavy atom. The zero-order valence-corrected chi connectivity index (χ0v) is 12.0. The topological polar surface area (TPSA) is 20.3 Å². The van der Waals surface area contributed by atoms with Crippen molar-refractivity contribution < 1.29 is 4.79 Å². The van der Waals surface area contributed by atoms with Crippen molar-refractivity contribution in [2.45, 2.75) is 64.8 Å². The summed E-state index contributed by atoms with van der Waals surface area (Å²) >= 11 is 5.98. The van der Waals surface area contributed by atoms with E-state index in [1.807, 2.05) is 0 Å². The second kappa shape index (κ2) is 7.97. The van der Waals surface area contributed by atoms with Crippen molar-refractivity contribution in [2.24, 2.45) is 5.92 Å². The van der Waals surface area contributed by atoms with Crippen LogP contribution in [-0.4, -0.2) is 29.3 Å². The number of nitrogens with zero attached hydrogens (tertiary/aromatic N) is 1. The number of rotatable bonds is 6. The Labute approximate surface area is 111 Å². The number of hydrogen-bond acceptors (Lipinski definition) is 1. The molecule has 1 heterocycles. The third-order valence-corrected chi connectivity index (χ3v) is 4.07. The van der Waals surface area contributed by atoms with Crippen LogP contribution in [0.25, 0.3) is 0 Å². The summed E-state index contributed by atoms with van der Waals surface area (Å²) in [6.45, 7) is 5.23. The van der Waals surface area contributed by atoms with Gasteiger partial charge in [0.15, 0.2) is 0 Å². The van der Waals surface area contributed by atoms with E-state index in [-0.39, 0.29) is 12.0 Å². The minimum Gasteiger partial charge on any atom is -0.338 e. The highest BCUT2D eigenvalue weighted by atomic mass is 35.5. The summed E-state index contributed by atoms with van der Waals surface area (Å²) < 4.78 is 0. The zero-order valence-electron chi connectivity index (χ0n) is 11.3. The molecule has 0 aromatic carbocycles. The van der Waals surface area contributed by atoms with E-state index in [1.165, 1.54) is 6.42 Å². The summed E-state index contributed by atoms with van der Waals surface area (Å²) in [5.74, 6) is 1.18. The SMILES string of the molecule is CCCC(CCC)C(=O)N1CCCCC1CCl. The Bertz CT molecular complexity index is 226. The van der Waals surface area contributed by atoms with E-state index >= 15 is 0 Å². The van der Waals surface area contributed by atoms with Crippen LogP contribution in [0.2, 0.25) is 0 Å². The smallest absolute Gasteiger partial charge is 0.225 e. The Balaban J connectivity index is 2.62. The molecule has 3 heteroatoms. The first-order valence-corrected chi connectivity index (χ1v) is 7.64. The van der Waals surface area contributed by atoms with Gasteiger partial charge < -0.3 is 4.90 Å². The van der Waals surface area contributed by atoms with Crippen LogP contribution in [0, 0.1) is 5.92 Å². The van der Waals surface area contributed by atoms with E-state index in [2.05, 4.69) is 18.7 Å². The molecule has 1 aliphatic heterocycles. The number of carbonyl (C=O) groups excluding carboxylic acids is 1. The summed E-state index contributed by atoms with van der Waals surface area (Å²) in [5.41, 5.74) is 0. The second-order valence-electron chi connectivity index (χ2n) is 5.11. The third-order valence-electron chi connectivity index (χ3n) is 3.71. The summed E-state index contributed by atoms with van der Waals surface area (Å²) in [5, 5.41) is 0. The molecule has 1 rings (SSSR count). The number of alkyl halides is 1. The fraction of sp³-hybridized carbons (Fsp3) is 0.929. The second-order valence-corrected chi connectivity index (χ2v) is 5.42. The zero-order chi connectivity index (χ0) is 12.7. The van der Waals surface area contributed by atoms with Crippen LogP contribution in [-0.2, 0) is 4.79 Å². The highest BCUT2D eigenvalue weighted by molar-refractivity contribution is 6.18. The van der Waals surface area contributed by atoms with Crippen LogP contribution < -0.4 is 0 Å². The fourth-order valence-electron chi connectivity index (χ4n) is 2.77. The van der Waals surface area contributed by atoms with E-state index in [1.54, 1.807) is 0 Å².